The number of pyridine rings is 2. The number of nitrogens with zero attached hydrogens (tertiary/aromatic N) is 2. The molecule has 0 radical (unpaired) electrons. The number of aryl methyl sites for hydroxylation is 1. The Kier molecular flexibility index (Phi) is 6.42. The lowest BCUT2D eigenvalue weighted by Gasteiger charge is -2.39. The van der Waals surface area contributed by atoms with E-state index in [1.807, 2.05) is 18.3 Å². The van der Waals surface area contributed by atoms with Crippen LogP contribution in [0.25, 0.3) is 11.0 Å². The second-order valence-electron chi connectivity index (χ2n) is 9.26. The maximum Gasteiger partial charge on any atom is 0.213 e. The van der Waals surface area contributed by atoms with Crippen LogP contribution >= 0.6 is 0 Å². The van der Waals surface area contributed by atoms with E-state index >= 15 is 0 Å². The zero-order valence-corrected chi connectivity index (χ0v) is 19.1. The van der Waals surface area contributed by atoms with Gasteiger partial charge in [0.1, 0.15) is 0 Å². The largest absolute Gasteiger partial charge is 0.481 e. The molecule has 0 aromatic carbocycles. The molecule has 154 valence electrons. The van der Waals surface area contributed by atoms with Crippen molar-refractivity contribution in [1.29, 1.82) is 0 Å². The Labute approximate surface area is 170 Å². The van der Waals surface area contributed by atoms with Crippen molar-refractivity contribution in [3.05, 3.63) is 30.0 Å². The number of rotatable bonds is 9. The summed E-state index contributed by atoms with van der Waals surface area (Å²) in [6, 6.07) is 5.90. The zero-order valence-electron chi connectivity index (χ0n) is 18.1. The predicted molar refractivity (Wildman–Crippen MR) is 115 cm³/mol. The van der Waals surface area contributed by atoms with Gasteiger partial charge < -0.3 is 13.9 Å². The van der Waals surface area contributed by atoms with E-state index in [1.165, 1.54) is 5.56 Å². The minimum atomic E-state index is -1.81. The van der Waals surface area contributed by atoms with Crippen LogP contribution in [0.1, 0.15) is 45.6 Å². The van der Waals surface area contributed by atoms with Crippen molar-refractivity contribution >= 4 is 19.4 Å². The molecule has 0 N–H and O–H groups in total. The Bertz CT molecular complexity index is 800. The minimum Gasteiger partial charge on any atom is -0.481 e. The normalized spacial score (nSPS) is 18.3. The van der Waals surface area contributed by atoms with Crippen LogP contribution in [0.5, 0.6) is 5.88 Å². The van der Waals surface area contributed by atoms with Crippen LogP contribution < -0.4 is 4.74 Å². The summed E-state index contributed by atoms with van der Waals surface area (Å²) in [5.41, 5.74) is 3.04. The summed E-state index contributed by atoms with van der Waals surface area (Å²) in [4.78, 5) is 9.08. The van der Waals surface area contributed by atoms with Crippen molar-refractivity contribution in [3.8, 4) is 5.88 Å². The molecule has 0 saturated carbocycles. The number of hydrogen-bond acceptors (Lipinski definition) is 5. The first-order valence-corrected chi connectivity index (χ1v) is 13.2. The molecule has 6 heteroatoms. The second-order valence-corrected chi connectivity index (χ2v) is 14.0. The first-order valence-electron chi connectivity index (χ1n) is 10.3. The highest BCUT2D eigenvalue weighted by atomic mass is 28.4. The number of hydrogen-bond donors (Lipinski definition) is 0. The molecule has 2 atom stereocenters. The van der Waals surface area contributed by atoms with Crippen molar-refractivity contribution < 1.29 is 13.9 Å². The lowest BCUT2D eigenvalue weighted by atomic mass is 10.0. The molecule has 0 amide bonds. The Morgan fingerprint density at radius 2 is 1.96 bits per heavy atom. The Balaban J connectivity index is 1.74. The van der Waals surface area contributed by atoms with Crippen molar-refractivity contribution in [2.24, 2.45) is 0 Å². The van der Waals surface area contributed by atoms with Gasteiger partial charge in [-0.15, -0.1) is 0 Å². The highest BCUT2D eigenvalue weighted by molar-refractivity contribution is 6.74. The van der Waals surface area contributed by atoms with E-state index < -0.39 is 8.32 Å². The first-order chi connectivity index (χ1) is 13.2. The number of methoxy groups -OCH3 is 1. The lowest BCUT2D eigenvalue weighted by Crippen LogP contribution is -2.44. The average molecular weight is 403 g/mol. The van der Waals surface area contributed by atoms with Crippen LogP contribution in [0.4, 0.5) is 0 Å². The fourth-order valence-electron chi connectivity index (χ4n) is 3.15. The van der Waals surface area contributed by atoms with E-state index in [0.29, 0.717) is 12.0 Å². The van der Waals surface area contributed by atoms with Crippen molar-refractivity contribution in [2.75, 3.05) is 13.7 Å². The quantitative estimate of drug-likeness (QED) is 0.429. The van der Waals surface area contributed by atoms with Crippen LogP contribution in [-0.4, -0.2) is 44.2 Å². The molecular formula is C22H34N2O3Si. The molecule has 3 rings (SSSR count). The van der Waals surface area contributed by atoms with E-state index in [2.05, 4.69) is 49.9 Å². The molecular weight excluding hydrogens is 368 g/mol. The molecule has 3 heterocycles. The third-order valence-corrected chi connectivity index (χ3v) is 10.6. The van der Waals surface area contributed by atoms with Gasteiger partial charge in [-0.3, -0.25) is 4.98 Å². The van der Waals surface area contributed by atoms with Gasteiger partial charge in [0.25, 0.3) is 0 Å². The fourth-order valence-corrected chi connectivity index (χ4v) is 4.58. The number of aromatic nitrogens is 2. The molecule has 5 nitrogen and oxygen atoms in total. The van der Waals surface area contributed by atoms with Crippen LogP contribution in [0.2, 0.25) is 18.1 Å². The molecule has 28 heavy (non-hydrogen) atoms. The van der Waals surface area contributed by atoms with Gasteiger partial charge in [-0.25, -0.2) is 4.98 Å². The van der Waals surface area contributed by atoms with Crippen LogP contribution in [0.3, 0.4) is 0 Å². The lowest BCUT2D eigenvalue weighted by molar-refractivity contribution is 0.155. The van der Waals surface area contributed by atoms with Crippen molar-refractivity contribution in [1.82, 2.24) is 9.97 Å². The summed E-state index contributed by atoms with van der Waals surface area (Å²) < 4.78 is 17.5. The third kappa shape index (κ3) is 5.30. The van der Waals surface area contributed by atoms with E-state index in [9.17, 15) is 0 Å². The molecule has 1 aliphatic heterocycles. The monoisotopic (exact) mass is 402 g/mol. The van der Waals surface area contributed by atoms with E-state index in [0.717, 1.165) is 43.3 Å². The minimum absolute atomic E-state index is 0.208. The molecule has 2 aromatic rings. The summed E-state index contributed by atoms with van der Waals surface area (Å²) in [6.07, 6.45) is 6.60. The van der Waals surface area contributed by atoms with E-state index in [4.69, 9.17) is 13.9 Å². The second kappa shape index (κ2) is 8.47. The first kappa shape index (κ1) is 21.2. The van der Waals surface area contributed by atoms with Gasteiger partial charge in [0.15, 0.2) is 8.32 Å². The summed E-state index contributed by atoms with van der Waals surface area (Å²) in [6.45, 7) is 12.5. The maximum atomic E-state index is 6.78. The third-order valence-electron chi connectivity index (χ3n) is 6.07. The zero-order chi connectivity index (χ0) is 20.4. The fraction of sp³-hybridized carbons (Fsp3) is 0.636. The van der Waals surface area contributed by atoms with E-state index in [-0.39, 0.29) is 11.1 Å². The summed E-state index contributed by atoms with van der Waals surface area (Å²) >= 11 is 0. The Morgan fingerprint density at radius 3 is 2.61 bits per heavy atom. The Hall–Kier alpha value is -1.50. The standard InChI is InChI=1S/C22H34N2O3Si/c1-22(2,3)28(5,6)27-17(9-10-18-15-26-18)8-7-16-13-14-23-19-11-12-20(25-4)24-21(16)19/h11-14,17-18H,7-10,15H2,1-6H3. The summed E-state index contributed by atoms with van der Waals surface area (Å²) in [7, 11) is -0.169. The maximum absolute atomic E-state index is 6.78. The van der Waals surface area contributed by atoms with Crippen molar-refractivity contribution in [2.45, 2.75) is 76.8 Å². The number of fused-ring (bicyclic) bond motifs is 1. The molecule has 0 aliphatic carbocycles. The molecule has 2 unspecified atom stereocenters. The highest BCUT2D eigenvalue weighted by Crippen LogP contribution is 2.38. The van der Waals surface area contributed by atoms with Gasteiger partial charge in [-0.2, -0.15) is 0 Å². The van der Waals surface area contributed by atoms with Gasteiger partial charge in [-0.1, -0.05) is 20.8 Å². The SMILES string of the molecule is COc1ccc2nccc(CCC(CCC3CO3)O[Si](C)(C)C(C)(C)C)c2n1. The van der Waals surface area contributed by atoms with E-state index in [1.54, 1.807) is 7.11 Å². The molecule has 1 aliphatic rings. The number of epoxide rings is 1. The van der Waals surface area contributed by atoms with Gasteiger partial charge in [0.2, 0.25) is 5.88 Å². The highest BCUT2D eigenvalue weighted by Gasteiger charge is 2.39. The van der Waals surface area contributed by atoms with Gasteiger partial charge in [0, 0.05) is 18.4 Å². The van der Waals surface area contributed by atoms with Crippen LogP contribution in [0.15, 0.2) is 24.4 Å². The predicted octanol–water partition coefficient (Wildman–Crippen LogP) is 5.14. The topological polar surface area (TPSA) is 56.8 Å². The van der Waals surface area contributed by atoms with Crippen LogP contribution in [0, 0.1) is 0 Å². The summed E-state index contributed by atoms with van der Waals surface area (Å²) in [5.74, 6) is 0.627. The van der Waals surface area contributed by atoms with Gasteiger partial charge >= 0.3 is 0 Å². The number of ether oxygens (including phenoxy) is 2. The molecule has 1 fully saturated rings. The van der Waals surface area contributed by atoms with Gasteiger partial charge in [-0.05, 0) is 61.5 Å². The van der Waals surface area contributed by atoms with Gasteiger partial charge in [0.05, 0.1) is 30.9 Å². The molecule has 0 spiro atoms. The molecule has 2 aromatic heterocycles. The average Bonchev–Trinajstić information content (AvgIpc) is 3.46. The molecule has 0 bridgehead atoms. The Morgan fingerprint density at radius 1 is 1.21 bits per heavy atom. The molecule has 1 saturated heterocycles. The van der Waals surface area contributed by atoms with Crippen molar-refractivity contribution in [3.63, 3.8) is 0 Å². The van der Waals surface area contributed by atoms with Crippen LogP contribution in [-0.2, 0) is 15.6 Å². The summed E-state index contributed by atoms with van der Waals surface area (Å²) in [5, 5.41) is 0.208. The smallest absolute Gasteiger partial charge is 0.213 e.